The predicted octanol–water partition coefficient (Wildman–Crippen LogP) is 2.01. The predicted molar refractivity (Wildman–Crippen MR) is 67.7 cm³/mol. The van der Waals surface area contributed by atoms with Gasteiger partial charge in [-0.3, -0.25) is 4.79 Å². The summed E-state index contributed by atoms with van der Waals surface area (Å²) in [6.45, 7) is 1.54. The third kappa shape index (κ3) is 2.49. The molecule has 3 rings (SSSR count). The molecular formula is C14H22F2N2O. The Morgan fingerprint density at radius 2 is 1.79 bits per heavy atom. The van der Waals surface area contributed by atoms with Gasteiger partial charge in [-0.2, -0.15) is 0 Å². The van der Waals surface area contributed by atoms with Crippen LogP contribution in [0.2, 0.25) is 0 Å². The van der Waals surface area contributed by atoms with Crippen LogP contribution in [0.4, 0.5) is 8.78 Å². The van der Waals surface area contributed by atoms with Crippen LogP contribution < -0.4 is 5.73 Å². The Kier molecular flexibility index (Phi) is 3.28. The Morgan fingerprint density at radius 3 is 2.42 bits per heavy atom. The highest BCUT2D eigenvalue weighted by atomic mass is 19.3. The topological polar surface area (TPSA) is 46.3 Å². The summed E-state index contributed by atoms with van der Waals surface area (Å²) in [6, 6.07) is 0.221. The van der Waals surface area contributed by atoms with Gasteiger partial charge in [0.15, 0.2) is 0 Å². The van der Waals surface area contributed by atoms with Crippen LogP contribution in [0.25, 0.3) is 0 Å². The maximum absolute atomic E-state index is 13.1. The third-order valence-corrected chi connectivity index (χ3v) is 5.29. The van der Waals surface area contributed by atoms with Crippen molar-refractivity contribution in [3.8, 4) is 0 Å². The summed E-state index contributed by atoms with van der Waals surface area (Å²) in [5.74, 6) is -1.66. The molecule has 1 aliphatic heterocycles. The van der Waals surface area contributed by atoms with E-state index >= 15 is 0 Å². The molecule has 3 aliphatic rings. The number of halogens is 2. The van der Waals surface area contributed by atoms with Gasteiger partial charge in [0, 0.05) is 37.9 Å². The van der Waals surface area contributed by atoms with Crippen LogP contribution in [0.5, 0.6) is 0 Å². The summed E-state index contributed by atoms with van der Waals surface area (Å²) in [4.78, 5) is 14.3. The lowest BCUT2D eigenvalue weighted by atomic mass is 9.86. The van der Waals surface area contributed by atoms with E-state index in [4.69, 9.17) is 5.73 Å². The monoisotopic (exact) mass is 272 g/mol. The van der Waals surface area contributed by atoms with Crippen molar-refractivity contribution in [2.45, 2.75) is 50.5 Å². The van der Waals surface area contributed by atoms with E-state index in [9.17, 15) is 13.6 Å². The Morgan fingerprint density at radius 1 is 1.11 bits per heavy atom. The Hall–Kier alpha value is -0.710. The van der Waals surface area contributed by atoms with Crippen molar-refractivity contribution in [3.05, 3.63) is 0 Å². The van der Waals surface area contributed by atoms with Gasteiger partial charge in [-0.05, 0) is 37.5 Å². The third-order valence-electron chi connectivity index (χ3n) is 5.29. The summed E-state index contributed by atoms with van der Waals surface area (Å²) < 4.78 is 26.2. The second-order valence-electron chi connectivity index (χ2n) is 6.54. The fraction of sp³-hybridized carbons (Fsp3) is 0.929. The zero-order chi connectivity index (χ0) is 13.6. The Bertz CT molecular complexity index is 364. The van der Waals surface area contributed by atoms with Crippen LogP contribution in [0.3, 0.4) is 0 Å². The lowest BCUT2D eigenvalue weighted by molar-refractivity contribution is -0.138. The summed E-state index contributed by atoms with van der Waals surface area (Å²) >= 11 is 0. The standard InChI is InChI=1S/C14H22F2N2O/c15-14(16)5-3-9(4-6-14)13(19)18-7-10-1-2-12(17)11(10)8-18/h9-12H,1-8,17H2. The molecule has 0 spiro atoms. The minimum absolute atomic E-state index is 0.0945. The van der Waals surface area contributed by atoms with E-state index in [1.54, 1.807) is 0 Å². The fourth-order valence-corrected chi connectivity index (χ4v) is 4.03. The maximum Gasteiger partial charge on any atom is 0.248 e. The molecule has 108 valence electrons. The van der Waals surface area contributed by atoms with Gasteiger partial charge in [0.1, 0.15) is 0 Å². The number of carbonyl (C=O) groups is 1. The molecule has 2 N–H and O–H groups in total. The number of carbonyl (C=O) groups excluding carboxylic acids is 1. The second kappa shape index (κ2) is 4.69. The maximum atomic E-state index is 13.1. The van der Waals surface area contributed by atoms with Crippen molar-refractivity contribution in [1.82, 2.24) is 4.90 Å². The smallest absolute Gasteiger partial charge is 0.248 e. The van der Waals surface area contributed by atoms with E-state index in [0.29, 0.717) is 24.7 Å². The number of hydrogen-bond acceptors (Lipinski definition) is 2. The van der Waals surface area contributed by atoms with Crippen molar-refractivity contribution in [2.24, 2.45) is 23.5 Å². The molecule has 0 aromatic rings. The molecule has 1 saturated heterocycles. The van der Waals surface area contributed by atoms with Gasteiger partial charge in [0.2, 0.25) is 11.8 Å². The summed E-state index contributed by atoms with van der Waals surface area (Å²) in [7, 11) is 0. The number of rotatable bonds is 1. The van der Waals surface area contributed by atoms with E-state index in [0.717, 1.165) is 25.9 Å². The van der Waals surface area contributed by atoms with Crippen LogP contribution >= 0.6 is 0 Å². The molecule has 0 bridgehead atoms. The first-order valence-electron chi connectivity index (χ1n) is 7.38. The first kappa shape index (κ1) is 13.3. The molecule has 3 nitrogen and oxygen atoms in total. The van der Waals surface area contributed by atoms with Crippen molar-refractivity contribution in [2.75, 3.05) is 13.1 Å². The number of amides is 1. The molecule has 0 radical (unpaired) electrons. The van der Waals surface area contributed by atoms with E-state index in [1.807, 2.05) is 4.90 Å². The molecule has 1 heterocycles. The van der Waals surface area contributed by atoms with Crippen LogP contribution in [0.15, 0.2) is 0 Å². The molecule has 2 saturated carbocycles. The zero-order valence-electron chi connectivity index (χ0n) is 11.2. The van der Waals surface area contributed by atoms with E-state index in [1.165, 1.54) is 0 Å². The average Bonchev–Trinajstić information content (AvgIpc) is 2.91. The molecule has 19 heavy (non-hydrogen) atoms. The van der Waals surface area contributed by atoms with Gasteiger partial charge in [-0.1, -0.05) is 0 Å². The van der Waals surface area contributed by atoms with Crippen LogP contribution in [0, 0.1) is 17.8 Å². The molecule has 0 aromatic heterocycles. The quantitative estimate of drug-likeness (QED) is 0.793. The highest BCUT2D eigenvalue weighted by Crippen LogP contribution is 2.40. The number of fused-ring (bicyclic) bond motifs is 1. The lowest BCUT2D eigenvalue weighted by Gasteiger charge is -2.30. The second-order valence-corrected chi connectivity index (χ2v) is 6.54. The summed E-state index contributed by atoms with van der Waals surface area (Å²) in [5, 5.41) is 0. The van der Waals surface area contributed by atoms with Crippen LogP contribution in [0.1, 0.15) is 38.5 Å². The largest absolute Gasteiger partial charge is 0.342 e. The van der Waals surface area contributed by atoms with Gasteiger partial charge < -0.3 is 10.6 Å². The van der Waals surface area contributed by atoms with E-state index < -0.39 is 5.92 Å². The highest BCUT2D eigenvalue weighted by molar-refractivity contribution is 5.79. The van der Waals surface area contributed by atoms with Crippen molar-refractivity contribution < 1.29 is 13.6 Å². The normalized spacial score (nSPS) is 38.5. The molecular weight excluding hydrogens is 250 g/mol. The van der Waals surface area contributed by atoms with E-state index in [2.05, 4.69) is 0 Å². The Balaban J connectivity index is 1.57. The molecule has 3 atom stereocenters. The van der Waals surface area contributed by atoms with Crippen molar-refractivity contribution in [1.29, 1.82) is 0 Å². The SMILES string of the molecule is NC1CCC2CN(C(=O)C3CCC(F)(F)CC3)CC12. The highest BCUT2D eigenvalue weighted by Gasteiger charge is 2.45. The first-order chi connectivity index (χ1) is 8.96. The van der Waals surface area contributed by atoms with Crippen LogP contribution in [-0.2, 0) is 4.79 Å². The lowest BCUT2D eigenvalue weighted by Crippen LogP contribution is -2.39. The first-order valence-corrected chi connectivity index (χ1v) is 7.38. The molecule has 1 amide bonds. The fourth-order valence-electron chi connectivity index (χ4n) is 4.03. The van der Waals surface area contributed by atoms with Gasteiger partial charge in [0.25, 0.3) is 0 Å². The molecule has 2 aliphatic carbocycles. The van der Waals surface area contributed by atoms with Gasteiger partial charge in [-0.15, -0.1) is 0 Å². The molecule has 3 fully saturated rings. The van der Waals surface area contributed by atoms with Gasteiger partial charge in [-0.25, -0.2) is 8.78 Å². The number of alkyl halides is 2. The Labute approximate surface area is 112 Å². The van der Waals surface area contributed by atoms with Crippen LogP contribution in [-0.4, -0.2) is 35.9 Å². The van der Waals surface area contributed by atoms with Gasteiger partial charge in [0.05, 0.1) is 0 Å². The minimum Gasteiger partial charge on any atom is -0.342 e. The molecule has 0 aromatic carbocycles. The van der Waals surface area contributed by atoms with Crippen molar-refractivity contribution in [3.63, 3.8) is 0 Å². The number of nitrogens with two attached hydrogens (primary N) is 1. The average molecular weight is 272 g/mol. The van der Waals surface area contributed by atoms with Gasteiger partial charge >= 0.3 is 0 Å². The molecule has 5 heteroatoms. The number of hydrogen-bond donors (Lipinski definition) is 1. The van der Waals surface area contributed by atoms with E-state index in [-0.39, 0.29) is 30.7 Å². The minimum atomic E-state index is -2.55. The molecule has 3 unspecified atom stereocenters. The number of nitrogens with zero attached hydrogens (tertiary/aromatic N) is 1. The zero-order valence-corrected chi connectivity index (χ0v) is 11.2. The summed E-state index contributed by atoms with van der Waals surface area (Å²) in [5.41, 5.74) is 6.06. The summed E-state index contributed by atoms with van der Waals surface area (Å²) in [6.07, 6.45) is 2.58. The van der Waals surface area contributed by atoms with Crippen molar-refractivity contribution >= 4 is 5.91 Å². The number of likely N-dealkylation sites (tertiary alicyclic amines) is 1.